The fourth-order valence-electron chi connectivity index (χ4n) is 2.76. The second kappa shape index (κ2) is 9.42. The lowest BCUT2D eigenvalue weighted by Gasteiger charge is -2.28. The van der Waals surface area contributed by atoms with Crippen LogP contribution in [0.4, 0.5) is 0 Å². The summed E-state index contributed by atoms with van der Waals surface area (Å²) in [6, 6.07) is 4.57. The molecule has 1 fully saturated rings. The molecule has 0 bridgehead atoms. The van der Waals surface area contributed by atoms with E-state index in [1.54, 1.807) is 0 Å². The van der Waals surface area contributed by atoms with Crippen molar-refractivity contribution in [3.05, 3.63) is 29.0 Å². The summed E-state index contributed by atoms with van der Waals surface area (Å²) in [6.07, 6.45) is 2.30. The summed E-state index contributed by atoms with van der Waals surface area (Å²) >= 11 is 1.51. The van der Waals surface area contributed by atoms with Gasteiger partial charge in [-0.2, -0.15) is 0 Å². The molecule has 1 aliphatic heterocycles. The summed E-state index contributed by atoms with van der Waals surface area (Å²) in [6.45, 7) is 5.02. The second-order valence-electron chi connectivity index (χ2n) is 5.88. The number of rotatable bonds is 4. The number of piperidine rings is 1. The molecular weight excluding hydrogens is 369 g/mol. The Morgan fingerprint density at radius 3 is 2.92 bits per heavy atom. The van der Waals surface area contributed by atoms with Crippen LogP contribution in [0.5, 0.6) is 0 Å². The van der Waals surface area contributed by atoms with Gasteiger partial charge in [-0.25, -0.2) is 4.98 Å². The smallest absolute Gasteiger partial charge is 0.226 e. The van der Waals surface area contributed by atoms with E-state index in [4.69, 9.17) is 4.42 Å². The number of halogens is 2. The van der Waals surface area contributed by atoms with Gasteiger partial charge in [0.1, 0.15) is 5.76 Å². The molecule has 3 rings (SSSR count). The number of nitrogens with one attached hydrogen (secondary N) is 2. The molecule has 8 heteroatoms. The fraction of sp³-hybridized carbons (Fsp3) is 0.500. The second-order valence-corrected chi connectivity index (χ2v) is 6.73. The van der Waals surface area contributed by atoms with Gasteiger partial charge in [-0.1, -0.05) is 0 Å². The molecule has 1 saturated heterocycles. The lowest BCUT2D eigenvalue weighted by molar-refractivity contribution is -0.121. The van der Waals surface area contributed by atoms with Crippen molar-refractivity contribution in [3.63, 3.8) is 0 Å². The van der Waals surface area contributed by atoms with Gasteiger partial charge in [0, 0.05) is 17.5 Å². The minimum absolute atomic E-state index is 0. The zero-order valence-corrected chi connectivity index (χ0v) is 16.2. The quantitative estimate of drug-likeness (QED) is 0.838. The van der Waals surface area contributed by atoms with Crippen LogP contribution < -0.4 is 10.6 Å². The highest BCUT2D eigenvalue weighted by Gasteiger charge is 2.20. The van der Waals surface area contributed by atoms with Gasteiger partial charge in [0.15, 0.2) is 10.8 Å². The Bertz CT molecular complexity index is 659. The molecule has 1 amide bonds. The van der Waals surface area contributed by atoms with Gasteiger partial charge >= 0.3 is 0 Å². The SMILES string of the molecule is Cc1ccc(-c2nc(CC(=O)NC3CCNC(C)C3)cs2)o1.Cl.Cl. The lowest BCUT2D eigenvalue weighted by Crippen LogP contribution is -2.46. The third-order valence-corrected chi connectivity index (χ3v) is 4.74. The van der Waals surface area contributed by atoms with E-state index in [-0.39, 0.29) is 36.8 Å². The minimum atomic E-state index is 0. The maximum Gasteiger partial charge on any atom is 0.226 e. The van der Waals surface area contributed by atoms with Gasteiger partial charge in [0.25, 0.3) is 0 Å². The van der Waals surface area contributed by atoms with Crippen molar-refractivity contribution in [1.82, 2.24) is 15.6 Å². The number of carbonyl (C=O) groups excluding carboxylic acids is 1. The van der Waals surface area contributed by atoms with Crippen LogP contribution in [0.3, 0.4) is 0 Å². The van der Waals surface area contributed by atoms with Crippen LogP contribution in [0.25, 0.3) is 10.8 Å². The van der Waals surface area contributed by atoms with Gasteiger partial charge in [-0.05, 0) is 45.4 Å². The van der Waals surface area contributed by atoms with Crippen molar-refractivity contribution in [2.45, 2.75) is 45.2 Å². The molecule has 0 aliphatic carbocycles. The molecule has 3 heterocycles. The predicted octanol–water partition coefficient (Wildman–Crippen LogP) is 3.35. The molecule has 0 radical (unpaired) electrons. The van der Waals surface area contributed by atoms with Crippen LogP contribution in [0.15, 0.2) is 21.9 Å². The first-order valence-electron chi connectivity index (χ1n) is 7.64. The van der Waals surface area contributed by atoms with Crippen molar-refractivity contribution in [2.75, 3.05) is 6.54 Å². The number of thiazole rings is 1. The Morgan fingerprint density at radius 2 is 2.25 bits per heavy atom. The van der Waals surface area contributed by atoms with Crippen molar-refractivity contribution < 1.29 is 9.21 Å². The molecule has 0 spiro atoms. The van der Waals surface area contributed by atoms with Crippen LogP contribution in [0.1, 0.15) is 31.2 Å². The maximum atomic E-state index is 12.1. The summed E-state index contributed by atoms with van der Waals surface area (Å²) in [5.41, 5.74) is 0.800. The van der Waals surface area contributed by atoms with Crippen LogP contribution in [-0.2, 0) is 11.2 Å². The van der Waals surface area contributed by atoms with Gasteiger partial charge in [-0.3, -0.25) is 4.79 Å². The van der Waals surface area contributed by atoms with Crippen LogP contribution >= 0.6 is 36.2 Å². The molecule has 2 aromatic rings. The zero-order chi connectivity index (χ0) is 15.5. The van der Waals surface area contributed by atoms with Crippen LogP contribution in [-0.4, -0.2) is 29.5 Å². The number of amides is 1. The molecule has 24 heavy (non-hydrogen) atoms. The maximum absolute atomic E-state index is 12.1. The monoisotopic (exact) mass is 391 g/mol. The highest BCUT2D eigenvalue weighted by molar-refractivity contribution is 7.13. The largest absolute Gasteiger partial charge is 0.459 e. The summed E-state index contributed by atoms with van der Waals surface area (Å²) in [4.78, 5) is 16.6. The van der Waals surface area contributed by atoms with E-state index in [1.807, 2.05) is 24.4 Å². The number of carbonyl (C=O) groups is 1. The van der Waals surface area contributed by atoms with E-state index < -0.39 is 0 Å². The van der Waals surface area contributed by atoms with Crippen LogP contribution in [0, 0.1) is 6.92 Å². The average molecular weight is 392 g/mol. The first-order chi connectivity index (χ1) is 10.6. The summed E-state index contributed by atoms with van der Waals surface area (Å²) < 4.78 is 5.56. The molecular formula is C16H23Cl2N3O2S. The van der Waals surface area contributed by atoms with Crippen molar-refractivity contribution >= 4 is 42.1 Å². The number of nitrogens with zero attached hydrogens (tertiary/aromatic N) is 1. The number of aromatic nitrogens is 1. The Labute approximate surface area is 158 Å². The van der Waals surface area contributed by atoms with Gasteiger partial charge in [0.05, 0.1) is 12.1 Å². The van der Waals surface area contributed by atoms with Gasteiger partial charge in [-0.15, -0.1) is 36.2 Å². The standard InChI is InChI=1S/C16H21N3O2S.2ClH/c1-10-7-12(5-6-17-10)18-15(20)8-13-9-22-16(19-13)14-4-3-11(2)21-14;;/h3-4,9-10,12,17H,5-8H2,1-2H3,(H,18,20);2*1H. The molecule has 134 valence electrons. The van der Waals surface area contributed by atoms with Gasteiger partial charge < -0.3 is 15.1 Å². The Kier molecular flexibility index (Phi) is 8.22. The predicted molar refractivity (Wildman–Crippen MR) is 101 cm³/mol. The highest BCUT2D eigenvalue weighted by Crippen LogP contribution is 2.25. The minimum Gasteiger partial charge on any atom is -0.459 e. The van der Waals surface area contributed by atoms with Crippen molar-refractivity contribution in [3.8, 4) is 10.8 Å². The van der Waals surface area contributed by atoms with E-state index in [2.05, 4.69) is 22.5 Å². The van der Waals surface area contributed by atoms with Gasteiger partial charge in [0.2, 0.25) is 5.91 Å². The molecule has 2 atom stereocenters. The van der Waals surface area contributed by atoms with E-state index in [1.165, 1.54) is 11.3 Å². The number of furan rings is 1. The Hall–Kier alpha value is -1.08. The molecule has 0 saturated carbocycles. The highest BCUT2D eigenvalue weighted by atomic mass is 35.5. The number of hydrogen-bond donors (Lipinski definition) is 2. The number of hydrogen-bond acceptors (Lipinski definition) is 5. The first kappa shape index (κ1) is 21.0. The molecule has 2 aromatic heterocycles. The van der Waals surface area contributed by atoms with E-state index in [9.17, 15) is 4.79 Å². The Balaban J connectivity index is 0.00000144. The molecule has 5 nitrogen and oxygen atoms in total. The summed E-state index contributed by atoms with van der Waals surface area (Å²) in [7, 11) is 0. The zero-order valence-electron chi connectivity index (χ0n) is 13.7. The summed E-state index contributed by atoms with van der Waals surface area (Å²) in [5, 5.41) is 9.25. The molecule has 2 unspecified atom stereocenters. The average Bonchev–Trinajstić information content (AvgIpc) is 3.07. The van der Waals surface area contributed by atoms with Crippen molar-refractivity contribution in [2.24, 2.45) is 0 Å². The topological polar surface area (TPSA) is 67.2 Å². The third-order valence-electron chi connectivity index (χ3n) is 3.83. The van der Waals surface area contributed by atoms with E-state index in [0.29, 0.717) is 12.5 Å². The van der Waals surface area contributed by atoms with Crippen molar-refractivity contribution in [1.29, 1.82) is 0 Å². The third kappa shape index (κ3) is 5.48. The van der Waals surface area contributed by atoms with Crippen LogP contribution in [0.2, 0.25) is 0 Å². The fourth-order valence-corrected chi connectivity index (χ4v) is 3.54. The summed E-state index contributed by atoms with van der Waals surface area (Å²) in [5.74, 6) is 1.68. The lowest BCUT2D eigenvalue weighted by atomic mass is 10.0. The normalized spacial score (nSPS) is 19.9. The van der Waals surface area contributed by atoms with E-state index in [0.717, 1.165) is 41.6 Å². The molecule has 2 N–H and O–H groups in total. The van der Waals surface area contributed by atoms with E-state index >= 15 is 0 Å². The molecule has 1 aliphatic rings. The molecule has 0 aromatic carbocycles. The Morgan fingerprint density at radius 1 is 1.46 bits per heavy atom. The first-order valence-corrected chi connectivity index (χ1v) is 8.52. The number of aryl methyl sites for hydroxylation is 1.